The summed E-state index contributed by atoms with van der Waals surface area (Å²) in [6, 6.07) is 0. The molecule has 2 heterocycles. The van der Waals surface area contributed by atoms with Crippen molar-refractivity contribution in [2.45, 2.75) is 25.0 Å². The van der Waals surface area contributed by atoms with Crippen LogP contribution in [-0.2, 0) is 6.54 Å². The minimum Gasteiger partial charge on any atom is -0.388 e. The van der Waals surface area contributed by atoms with Crippen LogP contribution in [0.3, 0.4) is 0 Å². The predicted molar refractivity (Wildman–Crippen MR) is 65.5 cm³/mol. The normalized spacial score (nSPS) is 20.2. The van der Waals surface area contributed by atoms with E-state index in [1.165, 1.54) is 0 Å². The summed E-state index contributed by atoms with van der Waals surface area (Å²) in [7, 11) is 2.04. The van der Waals surface area contributed by atoms with Crippen LogP contribution in [0.25, 0.3) is 0 Å². The lowest BCUT2D eigenvalue weighted by Gasteiger charge is -2.35. The molecule has 5 heteroatoms. The van der Waals surface area contributed by atoms with Crippen LogP contribution in [0, 0.1) is 0 Å². The van der Waals surface area contributed by atoms with Gasteiger partial charge in [-0.05, 0) is 33.0 Å². The fraction of sp³-hybridized carbons (Fsp3) is 0.727. The SMILES string of the molecule is CN(Cc1cscn1)CC1(O)CCNCC1. The molecule has 0 aromatic carbocycles. The highest BCUT2D eigenvalue weighted by molar-refractivity contribution is 7.07. The number of aliphatic hydroxyl groups is 1. The van der Waals surface area contributed by atoms with Crippen LogP contribution in [0.1, 0.15) is 18.5 Å². The van der Waals surface area contributed by atoms with E-state index in [0.29, 0.717) is 0 Å². The molecular formula is C11H19N3OS. The van der Waals surface area contributed by atoms with Crippen LogP contribution in [0.4, 0.5) is 0 Å². The van der Waals surface area contributed by atoms with Crippen molar-refractivity contribution in [3.63, 3.8) is 0 Å². The summed E-state index contributed by atoms with van der Waals surface area (Å²) < 4.78 is 0. The zero-order valence-corrected chi connectivity index (χ0v) is 10.5. The first-order valence-electron chi connectivity index (χ1n) is 5.67. The Hall–Kier alpha value is -0.490. The molecule has 0 bridgehead atoms. The molecule has 1 fully saturated rings. The van der Waals surface area contributed by atoms with Gasteiger partial charge in [0, 0.05) is 18.5 Å². The summed E-state index contributed by atoms with van der Waals surface area (Å²) in [6.45, 7) is 3.38. The van der Waals surface area contributed by atoms with Crippen LogP contribution in [0.2, 0.25) is 0 Å². The van der Waals surface area contributed by atoms with E-state index >= 15 is 0 Å². The maximum atomic E-state index is 10.4. The van der Waals surface area contributed by atoms with Crippen molar-refractivity contribution >= 4 is 11.3 Å². The summed E-state index contributed by atoms with van der Waals surface area (Å²) in [6.07, 6.45) is 1.68. The highest BCUT2D eigenvalue weighted by atomic mass is 32.1. The van der Waals surface area contributed by atoms with E-state index in [1.54, 1.807) is 11.3 Å². The zero-order valence-electron chi connectivity index (χ0n) is 9.65. The minimum absolute atomic E-state index is 0.518. The Morgan fingerprint density at radius 2 is 2.31 bits per heavy atom. The predicted octanol–water partition coefficient (Wildman–Crippen LogP) is 0.689. The third kappa shape index (κ3) is 3.25. The molecule has 1 aliphatic heterocycles. The number of thiazole rings is 1. The Balaban J connectivity index is 1.84. The highest BCUT2D eigenvalue weighted by Gasteiger charge is 2.30. The van der Waals surface area contributed by atoms with E-state index in [0.717, 1.165) is 44.7 Å². The van der Waals surface area contributed by atoms with Crippen molar-refractivity contribution in [1.29, 1.82) is 0 Å². The molecule has 0 radical (unpaired) electrons. The smallest absolute Gasteiger partial charge is 0.0798 e. The van der Waals surface area contributed by atoms with Crippen molar-refractivity contribution in [2.24, 2.45) is 0 Å². The maximum absolute atomic E-state index is 10.4. The second-order valence-corrected chi connectivity index (χ2v) is 5.35. The summed E-state index contributed by atoms with van der Waals surface area (Å²) in [5.74, 6) is 0. The van der Waals surface area contributed by atoms with E-state index in [4.69, 9.17) is 0 Å². The van der Waals surface area contributed by atoms with Gasteiger partial charge in [-0.15, -0.1) is 11.3 Å². The first kappa shape index (κ1) is 12.0. The van der Waals surface area contributed by atoms with Gasteiger partial charge in [-0.2, -0.15) is 0 Å². The van der Waals surface area contributed by atoms with Gasteiger partial charge in [0.15, 0.2) is 0 Å². The van der Waals surface area contributed by atoms with Crippen molar-refractivity contribution < 1.29 is 5.11 Å². The lowest BCUT2D eigenvalue weighted by molar-refractivity contribution is -0.0170. The monoisotopic (exact) mass is 241 g/mol. The standard InChI is InChI=1S/C11H19N3OS/c1-14(6-10-7-16-9-13-10)8-11(15)2-4-12-5-3-11/h7,9,12,15H,2-6,8H2,1H3. The number of piperidine rings is 1. The molecule has 0 aliphatic carbocycles. The van der Waals surface area contributed by atoms with Gasteiger partial charge in [0.05, 0.1) is 16.8 Å². The summed E-state index contributed by atoms with van der Waals surface area (Å²) in [5, 5.41) is 15.7. The van der Waals surface area contributed by atoms with Gasteiger partial charge in [0.25, 0.3) is 0 Å². The number of nitrogens with zero attached hydrogens (tertiary/aromatic N) is 2. The molecular weight excluding hydrogens is 222 g/mol. The van der Waals surface area contributed by atoms with Crippen molar-refractivity contribution in [3.05, 3.63) is 16.6 Å². The largest absolute Gasteiger partial charge is 0.388 e. The van der Waals surface area contributed by atoms with Gasteiger partial charge in [-0.3, -0.25) is 4.90 Å². The van der Waals surface area contributed by atoms with Crippen LogP contribution < -0.4 is 5.32 Å². The lowest BCUT2D eigenvalue weighted by atomic mass is 9.92. The third-order valence-corrected chi connectivity index (χ3v) is 3.65. The van der Waals surface area contributed by atoms with Gasteiger partial charge in [-0.1, -0.05) is 0 Å². The van der Waals surface area contributed by atoms with Crippen LogP contribution in [-0.4, -0.2) is 47.3 Å². The molecule has 90 valence electrons. The van der Waals surface area contributed by atoms with Crippen molar-refractivity contribution in [3.8, 4) is 0 Å². The van der Waals surface area contributed by atoms with Gasteiger partial charge >= 0.3 is 0 Å². The summed E-state index contributed by atoms with van der Waals surface area (Å²) in [4.78, 5) is 6.41. The van der Waals surface area contributed by atoms with Gasteiger partial charge in [-0.25, -0.2) is 4.98 Å². The Morgan fingerprint density at radius 1 is 1.56 bits per heavy atom. The molecule has 0 amide bonds. The molecule has 0 unspecified atom stereocenters. The number of likely N-dealkylation sites (N-methyl/N-ethyl adjacent to an activating group) is 1. The first-order chi connectivity index (χ1) is 7.68. The molecule has 1 saturated heterocycles. The average Bonchev–Trinajstić information content (AvgIpc) is 2.70. The Morgan fingerprint density at radius 3 is 2.94 bits per heavy atom. The summed E-state index contributed by atoms with van der Waals surface area (Å²) >= 11 is 1.62. The number of hydrogen-bond acceptors (Lipinski definition) is 5. The second kappa shape index (κ2) is 5.23. The van der Waals surface area contributed by atoms with Crippen molar-refractivity contribution in [1.82, 2.24) is 15.2 Å². The fourth-order valence-corrected chi connectivity index (χ4v) is 2.75. The molecule has 1 aliphatic rings. The highest BCUT2D eigenvalue weighted by Crippen LogP contribution is 2.19. The molecule has 0 atom stereocenters. The average molecular weight is 241 g/mol. The van der Waals surface area contributed by atoms with Crippen LogP contribution in [0.5, 0.6) is 0 Å². The van der Waals surface area contributed by atoms with E-state index in [9.17, 15) is 5.11 Å². The van der Waals surface area contributed by atoms with E-state index in [2.05, 4.69) is 20.6 Å². The molecule has 1 aromatic rings. The first-order valence-corrected chi connectivity index (χ1v) is 6.61. The number of nitrogens with one attached hydrogen (secondary N) is 1. The Labute approximate surface area is 100 Å². The van der Waals surface area contributed by atoms with Gasteiger partial charge in [0.2, 0.25) is 0 Å². The number of rotatable bonds is 4. The molecule has 16 heavy (non-hydrogen) atoms. The molecule has 0 spiro atoms. The van der Waals surface area contributed by atoms with Crippen LogP contribution in [0.15, 0.2) is 10.9 Å². The second-order valence-electron chi connectivity index (χ2n) is 4.63. The van der Waals surface area contributed by atoms with E-state index in [-0.39, 0.29) is 0 Å². The Kier molecular flexibility index (Phi) is 3.91. The van der Waals surface area contributed by atoms with Gasteiger partial charge < -0.3 is 10.4 Å². The molecule has 4 nitrogen and oxygen atoms in total. The van der Waals surface area contributed by atoms with Crippen molar-refractivity contribution in [2.75, 3.05) is 26.7 Å². The fourth-order valence-electron chi connectivity index (χ4n) is 2.20. The molecule has 2 N–H and O–H groups in total. The topological polar surface area (TPSA) is 48.4 Å². The number of hydrogen-bond donors (Lipinski definition) is 2. The quantitative estimate of drug-likeness (QED) is 0.814. The van der Waals surface area contributed by atoms with Gasteiger partial charge in [0.1, 0.15) is 0 Å². The zero-order chi connectivity index (χ0) is 11.4. The molecule has 1 aromatic heterocycles. The Bertz CT molecular complexity index is 309. The van der Waals surface area contributed by atoms with E-state index in [1.807, 2.05) is 12.6 Å². The van der Waals surface area contributed by atoms with Crippen LogP contribution >= 0.6 is 11.3 Å². The summed E-state index contributed by atoms with van der Waals surface area (Å²) in [5.41, 5.74) is 2.42. The minimum atomic E-state index is -0.518. The number of aromatic nitrogens is 1. The molecule has 2 rings (SSSR count). The lowest BCUT2D eigenvalue weighted by Crippen LogP contribution is -2.48. The maximum Gasteiger partial charge on any atom is 0.0798 e. The molecule has 0 saturated carbocycles. The van der Waals surface area contributed by atoms with E-state index < -0.39 is 5.60 Å². The third-order valence-electron chi connectivity index (χ3n) is 3.01.